The topological polar surface area (TPSA) is 91.4 Å². The summed E-state index contributed by atoms with van der Waals surface area (Å²) in [5, 5.41) is 7.83. The molecule has 0 aliphatic rings. The largest absolute Gasteiger partial charge is 0.355 e. The Morgan fingerprint density at radius 2 is 1.90 bits per heavy atom. The van der Waals surface area contributed by atoms with E-state index in [0.717, 1.165) is 18.4 Å². The summed E-state index contributed by atoms with van der Waals surface area (Å²) in [5.41, 5.74) is 1.69. The molecule has 0 fully saturated rings. The lowest BCUT2D eigenvalue weighted by atomic mass is 10.1. The molecular weight excluding hydrogens is 400 g/mol. The lowest BCUT2D eigenvalue weighted by molar-refractivity contribution is -0.125. The Morgan fingerprint density at radius 1 is 1.13 bits per heavy atom. The second kappa shape index (κ2) is 12.1. The minimum absolute atomic E-state index is 0.00846. The van der Waals surface area contributed by atoms with Crippen LogP contribution >= 0.6 is 11.3 Å². The summed E-state index contributed by atoms with van der Waals surface area (Å²) in [7, 11) is 0. The quantitative estimate of drug-likeness (QED) is 0.570. The fourth-order valence-corrected chi connectivity index (χ4v) is 3.45. The summed E-state index contributed by atoms with van der Waals surface area (Å²) in [6.07, 6.45) is 3.25. The number of rotatable bonds is 11. The average molecular weight is 431 g/mol. The van der Waals surface area contributed by atoms with Crippen LogP contribution in [-0.2, 0) is 20.8 Å². The van der Waals surface area contributed by atoms with Crippen molar-refractivity contribution in [2.45, 2.75) is 46.5 Å². The van der Waals surface area contributed by atoms with Crippen molar-refractivity contribution in [1.29, 1.82) is 0 Å². The normalized spacial score (nSPS) is 10.7. The SMILES string of the molecule is CCc1ccccc1N(CC(=O)NCCC(C)C)C(=O)CCC(=O)Nc1nccs1. The van der Waals surface area contributed by atoms with E-state index in [4.69, 9.17) is 0 Å². The smallest absolute Gasteiger partial charge is 0.240 e. The molecule has 2 N–H and O–H groups in total. The van der Waals surface area contributed by atoms with Crippen LogP contribution in [0, 0.1) is 5.92 Å². The van der Waals surface area contributed by atoms with Crippen LogP contribution < -0.4 is 15.5 Å². The molecule has 1 aromatic heterocycles. The van der Waals surface area contributed by atoms with Crippen molar-refractivity contribution in [3.8, 4) is 0 Å². The van der Waals surface area contributed by atoms with E-state index in [9.17, 15) is 14.4 Å². The lowest BCUT2D eigenvalue weighted by Crippen LogP contribution is -2.42. The van der Waals surface area contributed by atoms with Gasteiger partial charge in [0.1, 0.15) is 6.54 Å². The number of anilines is 2. The van der Waals surface area contributed by atoms with Crippen molar-refractivity contribution in [2.75, 3.05) is 23.3 Å². The number of aryl methyl sites for hydroxylation is 1. The number of para-hydroxylation sites is 1. The summed E-state index contributed by atoms with van der Waals surface area (Å²) < 4.78 is 0. The van der Waals surface area contributed by atoms with Gasteiger partial charge in [0.05, 0.1) is 0 Å². The molecule has 2 rings (SSSR count). The van der Waals surface area contributed by atoms with Gasteiger partial charge in [0.2, 0.25) is 17.7 Å². The Morgan fingerprint density at radius 3 is 2.57 bits per heavy atom. The highest BCUT2D eigenvalue weighted by Crippen LogP contribution is 2.22. The maximum atomic E-state index is 13.0. The first-order chi connectivity index (χ1) is 14.4. The van der Waals surface area contributed by atoms with Crippen molar-refractivity contribution in [3.05, 3.63) is 41.4 Å². The monoisotopic (exact) mass is 430 g/mol. The molecule has 0 bridgehead atoms. The Bertz CT molecular complexity index is 837. The summed E-state index contributed by atoms with van der Waals surface area (Å²) in [4.78, 5) is 43.1. The highest BCUT2D eigenvalue weighted by Gasteiger charge is 2.22. The number of carbonyl (C=O) groups is 3. The van der Waals surface area contributed by atoms with Crippen molar-refractivity contribution in [1.82, 2.24) is 10.3 Å². The fraction of sp³-hybridized carbons (Fsp3) is 0.455. The molecular formula is C22H30N4O3S. The van der Waals surface area contributed by atoms with Gasteiger partial charge in [-0.2, -0.15) is 0 Å². The van der Waals surface area contributed by atoms with E-state index in [2.05, 4.69) is 29.5 Å². The third-order valence-corrected chi connectivity index (χ3v) is 5.24. The summed E-state index contributed by atoms with van der Waals surface area (Å²) in [6.45, 7) is 6.70. The molecule has 0 radical (unpaired) electrons. The molecule has 0 unspecified atom stereocenters. The molecule has 0 aliphatic carbocycles. The molecule has 0 saturated heterocycles. The van der Waals surface area contributed by atoms with Crippen molar-refractivity contribution in [2.24, 2.45) is 5.92 Å². The van der Waals surface area contributed by atoms with Gasteiger partial charge in [-0.25, -0.2) is 4.98 Å². The summed E-state index contributed by atoms with van der Waals surface area (Å²) in [5.74, 6) is -0.255. The molecule has 8 heteroatoms. The molecule has 0 aliphatic heterocycles. The van der Waals surface area contributed by atoms with Crippen LogP contribution in [0.4, 0.5) is 10.8 Å². The van der Waals surface area contributed by atoms with Crippen molar-refractivity contribution >= 4 is 39.9 Å². The standard InChI is InChI=1S/C22H30N4O3S/c1-4-17-7-5-6-8-18(17)26(15-20(28)23-12-11-16(2)3)21(29)10-9-19(27)25-22-24-13-14-30-22/h5-8,13-14,16H,4,9-12,15H2,1-3H3,(H,23,28)(H,24,25,27). The molecule has 0 saturated carbocycles. The van der Waals surface area contributed by atoms with Crippen LogP contribution in [-0.4, -0.2) is 35.8 Å². The van der Waals surface area contributed by atoms with Crippen LogP contribution in [0.1, 0.15) is 45.6 Å². The van der Waals surface area contributed by atoms with Gasteiger partial charge in [0, 0.05) is 36.7 Å². The van der Waals surface area contributed by atoms with E-state index in [0.29, 0.717) is 23.3 Å². The number of carbonyl (C=O) groups excluding carboxylic acids is 3. The molecule has 7 nitrogen and oxygen atoms in total. The molecule has 2 aromatic rings. The zero-order chi connectivity index (χ0) is 21.9. The molecule has 3 amide bonds. The van der Waals surface area contributed by atoms with E-state index in [1.807, 2.05) is 31.2 Å². The van der Waals surface area contributed by atoms with Gasteiger partial charge >= 0.3 is 0 Å². The number of nitrogens with one attached hydrogen (secondary N) is 2. The van der Waals surface area contributed by atoms with E-state index in [-0.39, 0.29) is 37.1 Å². The average Bonchev–Trinajstić information content (AvgIpc) is 3.23. The summed E-state index contributed by atoms with van der Waals surface area (Å²) in [6, 6.07) is 7.55. The number of amides is 3. The van der Waals surface area contributed by atoms with Crippen LogP contribution in [0.3, 0.4) is 0 Å². The minimum atomic E-state index is -0.275. The maximum Gasteiger partial charge on any atom is 0.240 e. The number of hydrogen-bond acceptors (Lipinski definition) is 5. The third-order valence-electron chi connectivity index (χ3n) is 4.55. The van der Waals surface area contributed by atoms with Gasteiger partial charge < -0.3 is 15.5 Å². The highest BCUT2D eigenvalue weighted by molar-refractivity contribution is 7.13. The number of benzene rings is 1. The second-order valence-corrected chi connectivity index (χ2v) is 8.27. The van der Waals surface area contributed by atoms with Gasteiger partial charge in [0.25, 0.3) is 0 Å². The first-order valence-corrected chi connectivity index (χ1v) is 11.1. The molecule has 1 aromatic carbocycles. The van der Waals surface area contributed by atoms with Gasteiger partial charge in [-0.05, 0) is 30.4 Å². The predicted octanol–water partition coefficient (Wildman–Crippen LogP) is 3.62. The number of hydrogen-bond donors (Lipinski definition) is 2. The van der Waals surface area contributed by atoms with E-state index in [1.54, 1.807) is 11.6 Å². The van der Waals surface area contributed by atoms with Crippen LogP contribution in [0.2, 0.25) is 0 Å². The van der Waals surface area contributed by atoms with E-state index in [1.165, 1.54) is 16.2 Å². The van der Waals surface area contributed by atoms with Gasteiger partial charge in [-0.15, -0.1) is 11.3 Å². The lowest BCUT2D eigenvalue weighted by Gasteiger charge is -2.25. The van der Waals surface area contributed by atoms with Gasteiger partial charge in [-0.1, -0.05) is 39.0 Å². The molecule has 1 heterocycles. The minimum Gasteiger partial charge on any atom is -0.355 e. The molecule has 30 heavy (non-hydrogen) atoms. The zero-order valence-electron chi connectivity index (χ0n) is 17.8. The molecule has 0 spiro atoms. The first kappa shape index (κ1) is 23.5. The number of thiazole rings is 1. The Kier molecular flexibility index (Phi) is 9.47. The highest BCUT2D eigenvalue weighted by atomic mass is 32.1. The third kappa shape index (κ3) is 7.59. The maximum absolute atomic E-state index is 13.0. The number of nitrogens with zero attached hydrogens (tertiary/aromatic N) is 2. The van der Waals surface area contributed by atoms with Crippen LogP contribution in [0.15, 0.2) is 35.8 Å². The Hall–Kier alpha value is -2.74. The first-order valence-electron chi connectivity index (χ1n) is 10.2. The summed E-state index contributed by atoms with van der Waals surface area (Å²) >= 11 is 1.32. The Balaban J connectivity index is 2.05. The van der Waals surface area contributed by atoms with Crippen LogP contribution in [0.5, 0.6) is 0 Å². The van der Waals surface area contributed by atoms with Gasteiger partial charge in [0.15, 0.2) is 5.13 Å². The van der Waals surface area contributed by atoms with E-state index < -0.39 is 0 Å². The second-order valence-electron chi connectivity index (χ2n) is 7.38. The molecule has 0 atom stereocenters. The van der Waals surface area contributed by atoms with Gasteiger partial charge in [-0.3, -0.25) is 14.4 Å². The number of aromatic nitrogens is 1. The van der Waals surface area contributed by atoms with E-state index >= 15 is 0 Å². The van der Waals surface area contributed by atoms with Crippen molar-refractivity contribution in [3.63, 3.8) is 0 Å². The fourth-order valence-electron chi connectivity index (χ4n) is 2.90. The van der Waals surface area contributed by atoms with Crippen LogP contribution in [0.25, 0.3) is 0 Å². The zero-order valence-corrected chi connectivity index (χ0v) is 18.6. The molecule has 162 valence electrons. The Labute approximate surface area is 181 Å². The van der Waals surface area contributed by atoms with Crippen molar-refractivity contribution < 1.29 is 14.4 Å². The predicted molar refractivity (Wildman–Crippen MR) is 121 cm³/mol.